The van der Waals surface area contributed by atoms with Crippen molar-refractivity contribution in [3.63, 3.8) is 0 Å². The van der Waals surface area contributed by atoms with Crippen molar-refractivity contribution >= 4 is 17.6 Å². The third kappa shape index (κ3) is 4.39. The van der Waals surface area contributed by atoms with Gasteiger partial charge in [-0.2, -0.15) is 8.78 Å². The summed E-state index contributed by atoms with van der Waals surface area (Å²) in [7, 11) is 0. The fraction of sp³-hybridized carbons (Fsp3) is 0.429. The van der Waals surface area contributed by atoms with Gasteiger partial charge in [0.15, 0.2) is 0 Å². The van der Waals surface area contributed by atoms with Gasteiger partial charge in [0.1, 0.15) is 11.8 Å². The van der Waals surface area contributed by atoms with Crippen LogP contribution in [0.25, 0.3) is 0 Å². The maximum Gasteiger partial charge on any atom is 0.387 e. The predicted octanol–water partition coefficient (Wildman–Crippen LogP) is 1.78. The molecule has 0 saturated carbocycles. The van der Waals surface area contributed by atoms with Gasteiger partial charge in [-0.15, -0.1) is 0 Å². The molecule has 0 aliphatic carbocycles. The van der Waals surface area contributed by atoms with Crippen LogP contribution in [-0.4, -0.2) is 47.6 Å². The lowest BCUT2D eigenvalue weighted by molar-refractivity contribution is -0.142. The van der Waals surface area contributed by atoms with E-state index in [1.165, 1.54) is 24.3 Å². The van der Waals surface area contributed by atoms with Crippen LogP contribution in [0.3, 0.4) is 0 Å². The topological polar surface area (TPSA) is 78.9 Å². The highest BCUT2D eigenvalue weighted by Crippen LogP contribution is 2.19. The van der Waals surface area contributed by atoms with E-state index >= 15 is 0 Å². The lowest BCUT2D eigenvalue weighted by Crippen LogP contribution is -2.40. The van der Waals surface area contributed by atoms with Gasteiger partial charge in [0, 0.05) is 5.69 Å². The molecule has 8 heteroatoms. The SMILES string of the molecule is O=C(CN1CCC[C@@H]1C(=O)O)Nc1ccc(OC(F)F)cc1. The van der Waals surface area contributed by atoms with Crippen LogP contribution in [0.4, 0.5) is 14.5 Å². The second-order valence-corrected chi connectivity index (χ2v) is 4.92. The van der Waals surface area contributed by atoms with Gasteiger partial charge in [-0.1, -0.05) is 0 Å². The summed E-state index contributed by atoms with van der Waals surface area (Å²) >= 11 is 0. The highest BCUT2D eigenvalue weighted by atomic mass is 19.3. The number of alkyl halides is 2. The molecule has 0 spiro atoms. The third-order valence-corrected chi connectivity index (χ3v) is 3.36. The number of ether oxygens (including phenoxy) is 1. The number of hydrogen-bond donors (Lipinski definition) is 2. The number of benzene rings is 1. The smallest absolute Gasteiger partial charge is 0.387 e. The van der Waals surface area contributed by atoms with E-state index in [1.807, 2.05) is 0 Å². The van der Waals surface area contributed by atoms with Crippen molar-refractivity contribution in [2.75, 3.05) is 18.4 Å². The van der Waals surface area contributed by atoms with Gasteiger partial charge in [-0.3, -0.25) is 14.5 Å². The lowest BCUT2D eigenvalue weighted by atomic mass is 10.2. The molecule has 120 valence electrons. The van der Waals surface area contributed by atoms with Crippen LogP contribution >= 0.6 is 0 Å². The van der Waals surface area contributed by atoms with Crippen LogP contribution < -0.4 is 10.1 Å². The Balaban J connectivity index is 1.88. The Morgan fingerprint density at radius 3 is 2.64 bits per heavy atom. The first kappa shape index (κ1) is 16.2. The summed E-state index contributed by atoms with van der Waals surface area (Å²) < 4.78 is 28.2. The minimum Gasteiger partial charge on any atom is -0.480 e. The third-order valence-electron chi connectivity index (χ3n) is 3.36. The molecule has 1 fully saturated rings. The summed E-state index contributed by atoms with van der Waals surface area (Å²) in [5.74, 6) is -1.28. The zero-order chi connectivity index (χ0) is 16.1. The molecule has 0 unspecified atom stereocenters. The molecule has 2 rings (SSSR count). The number of carboxylic acids is 1. The monoisotopic (exact) mass is 314 g/mol. The molecule has 1 aromatic carbocycles. The van der Waals surface area contributed by atoms with E-state index in [1.54, 1.807) is 4.90 Å². The first-order chi connectivity index (χ1) is 10.5. The van der Waals surface area contributed by atoms with Crippen molar-refractivity contribution in [1.82, 2.24) is 4.90 Å². The van der Waals surface area contributed by atoms with Crippen molar-refractivity contribution < 1.29 is 28.2 Å². The zero-order valence-electron chi connectivity index (χ0n) is 11.7. The van der Waals surface area contributed by atoms with Crippen molar-refractivity contribution in [2.24, 2.45) is 0 Å². The molecule has 1 amide bonds. The van der Waals surface area contributed by atoms with Gasteiger partial charge in [-0.25, -0.2) is 0 Å². The fourth-order valence-electron chi connectivity index (χ4n) is 2.40. The van der Waals surface area contributed by atoms with Crippen LogP contribution in [0.2, 0.25) is 0 Å². The van der Waals surface area contributed by atoms with Crippen LogP contribution in [0.15, 0.2) is 24.3 Å². The van der Waals surface area contributed by atoms with E-state index in [0.717, 1.165) is 6.42 Å². The van der Waals surface area contributed by atoms with E-state index in [9.17, 15) is 18.4 Å². The number of nitrogens with one attached hydrogen (secondary N) is 1. The standard InChI is InChI=1S/C14H16F2N2O4/c15-14(16)22-10-5-3-9(4-6-10)17-12(19)8-18-7-1-2-11(18)13(20)21/h3-6,11,14H,1-2,7-8H2,(H,17,19)(H,20,21)/t11-/m1/s1. The summed E-state index contributed by atoms with van der Waals surface area (Å²) in [4.78, 5) is 24.5. The summed E-state index contributed by atoms with van der Waals surface area (Å²) in [5, 5.41) is 11.6. The summed E-state index contributed by atoms with van der Waals surface area (Å²) in [5.41, 5.74) is 0.428. The molecule has 1 saturated heterocycles. The van der Waals surface area contributed by atoms with E-state index in [-0.39, 0.29) is 18.2 Å². The molecule has 1 aliphatic rings. The molecule has 1 aromatic rings. The first-order valence-electron chi connectivity index (χ1n) is 6.77. The minimum absolute atomic E-state index is 0.00140. The maximum atomic E-state index is 12.0. The number of rotatable bonds is 6. The molecular weight excluding hydrogens is 298 g/mol. The van der Waals surface area contributed by atoms with E-state index in [0.29, 0.717) is 18.7 Å². The predicted molar refractivity (Wildman–Crippen MR) is 73.9 cm³/mol. The van der Waals surface area contributed by atoms with E-state index < -0.39 is 18.6 Å². The van der Waals surface area contributed by atoms with Crippen LogP contribution in [-0.2, 0) is 9.59 Å². The van der Waals surface area contributed by atoms with Crippen molar-refractivity contribution in [2.45, 2.75) is 25.5 Å². The quantitative estimate of drug-likeness (QED) is 0.837. The highest BCUT2D eigenvalue weighted by molar-refractivity contribution is 5.92. The zero-order valence-corrected chi connectivity index (χ0v) is 11.7. The number of carboxylic acid groups (broad SMARTS) is 1. The Kier molecular flexibility index (Phi) is 5.26. The highest BCUT2D eigenvalue weighted by Gasteiger charge is 2.31. The Morgan fingerprint density at radius 1 is 1.36 bits per heavy atom. The number of anilines is 1. The summed E-state index contributed by atoms with van der Waals surface area (Å²) in [6.45, 7) is -2.36. The van der Waals surface area contributed by atoms with Gasteiger partial charge in [0.25, 0.3) is 0 Å². The Hall–Kier alpha value is -2.22. The fourth-order valence-corrected chi connectivity index (χ4v) is 2.40. The average molecular weight is 314 g/mol. The Morgan fingerprint density at radius 2 is 2.05 bits per heavy atom. The Labute approximate surface area is 125 Å². The Bertz CT molecular complexity index is 536. The normalized spacial score (nSPS) is 18.4. The molecular formula is C14H16F2N2O4. The number of carbonyl (C=O) groups excluding carboxylic acids is 1. The van der Waals surface area contributed by atoms with Crippen LogP contribution in [0.1, 0.15) is 12.8 Å². The van der Waals surface area contributed by atoms with Crippen molar-refractivity contribution in [1.29, 1.82) is 0 Å². The molecule has 0 radical (unpaired) electrons. The second kappa shape index (κ2) is 7.17. The summed E-state index contributed by atoms with van der Waals surface area (Å²) in [6.07, 6.45) is 1.27. The van der Waals surface area contributed by atoms with Gasteiger partial charge in [-0.05, 0) is 43.7 Å². The van der Waals surface area contributed by atoms with Crippen molar-refractivity contribution in [3.8, 4) is 5.75 Å². The van der Waals surface area contributed by atoms with Crippen LogP contribution in [0.5, 0.6) is 5.75 Å². The number of hydrogen-bond acceptors (Lipinski definition) is 4. The average Bonchev–Trinajstić information content (AvgIpc) is 2.88. The second-order valence-electron chi connectivity index (χ2n) is 4.92. The molecule has 1 atom stereocenters. The van der Waals surface area contributed by atoms with Gasteiger partial charge in [0.05, 0.1) is 6.54 Å². The number of halogens is 2. The molecule has 0 aromatic heterocycles. The lowest BCUT2D eigenvalue weighted by Gasteiger charge is -2.20. The largest absolute Gasteiger partial charge is 0.480 e. The maximum absolute atomic E-state index is 12.0. The number of aliphatic carboxylic acids is 1. The van der Waals surface area contributed by atoms with Gasteiger partial charge >= 0.3 is 12.6 Å². The number of nitrogens with zero attached hydrogens (tertiary/aromatic N) is 1. The van der Waals surface area contributed by atoms with Crippen LogP contribution in [0, 0.1) is 0 Å². The van der Waals surface area contributed by atoms with Gasteiger partial charge < -0.3 is 15.2 Å². The number of amides is 1. The van der Waals surface area contributed by atoms with E-state index in [4.69, 9.17) is 5.11 Å². The molecule has 2 N–H and O–H groups in total. The number of carbonyl (C=O) groups is 2. The van der Waals surface area contributed by atoms with Crippen molar-refractivity contribution in [3.05, 3.63) is 24.3 Å². The minimum atomic E-state index is -2.90. The molecule has 6 nitrogen and oxygen atoms in total. The molecule has 0 bridgehead atoms. The first-order valence-corrected chi connectivity index (χ1v) is 6.77. The molecule has 22 heavy (non-hydrogen) atoms. The van der Waals surface area contributed by atoms with E-state index in [2.05, 4.69) is 10.1 Å². The molecule has 1 heterocycles. The number of likely N-dealkylation sites (tertiary alicyclic amines) is 1. The summed E-state index contributed by atoms with van der Waals surface area (Å²) in [6, 6.07) is 4.88. The van der Waals surface area contributed by atoms with Gasteiger partial charge in [0.2, 0.25) is 5.91 Å². The molecule has 1 aliphatic heterocycles.